The van der Waals surface area contributed by atoms with Crippen LogP contribution in [-0.2, 0) is 17.8 Å². The maximum atomic E-state index is 14.1. The number of fused-ring (bicyclic) bond motifs is 2. The van der Waals surface area contributed by atoms with Crippen LogP contribution >= 0.6 is 0 Å². The zero-order valence-corrected chi connectivity index (χ0v) is 20.8. The summed E-state index contributed by atoms with van der Waals surface area (Å²) in [4.78, 5) is 17.0. The molecule has 3 aromatic rings. The molecule has 0 unspecified atom stereocenters. The Morgan fingerprint density at radius 2 is 1.80 bits per heavy atom. The van der Waals surface area contributed by atoms with Gasteiger partial charge in [0.25, 0.3) is 0 Å². The largest absolute Gasteiger partial charge is 0.347 e. The molecule has 35 heavy (non-hydrogen) atoms. The van der Waals surface area contributed by atoms with Crippen LogP contribution in [0.2, 0.25) is 0 Å². The van der Waals surface area contributed by atoms with E-state index in [0.29, 0.717) is 6.42 Å². The molecule has 2 aromatic carbocycles. The third kappa shape index (κ3) is 5.20. The predicted octanol–water partition coefficient (Wildman–Crippen LogP) is 6.43. The summed E-state index contributed by atoms with van der Waals surface area (Å²) in [5.41, 5.74) is 6.05. The molecule has 1 aromatic heterocycles. The monoisotopic (exact) mass is 473 g/mol. The van der Waals surface area contributed by atoms with Gasteiger partial charge in [0.1, 0.15) is 5.82 Å². The van der Waals surface area contributed by atoms with Crippen molar-refractivity contribution in [1.82, 2.24) is 9.47 Å². The zero-order chi connectivity index (χ0) is 24.2. The molecule has 0 radical (unpaired) electrons. The molecule has 2 aliphatic rings. The molecular weight excluding hydrogens is 437 g/mol. The van der Waals surface area contributed by atoms with Crippen LogP contribution in [0.5, 0.6) is 0 Å². The van der Waals surface area contributed by atoms with E-state index in [9.17, 15) is 9.18 Å². The number of rotatable bonds is 9. The lowest BCUT2D eigenvalue weighted by Gasteiger charge is -2.30. The predicted molar refractivity (Wildman–Crippen MR) is 142 cm³/mol. The number of unbranched alkanes of at least 4 members (excludes halogenated alkanes) is 2. The summed E-state index contributed by atoms with van der Waals surface area (Å²) in [5, 5.41) is 1.03. The van der Waals surface area contributed by atoms with Crippen LogP contribution < -0.4 is 4.90 Å². The van der Waals surface area contributed by atoms with Crippen LogP contribution in [0, 0.1) is 5.82 Å². The maximum absolute atomic E-state index is 14.1. The number of carbonyl (C=O) groups excluding carboxylic acids is 1. The summed E-state index contributed by atoms with van der Waals surface area (Å²) in [5.74, 6) is 0.0867. The fourth-order valence-electron chi connectivity index (χ4n) is 5.54. The third-order valence-electron chi connectivity index (χ3n) is 7.53. The highest BCUT2D eigenvalue weighted by atomic mass is 19.1. The minimum absolute atomic E-state index is 0.167. The van der Waals surface area contributed by atoms with Gasteiger partial charge in [0, 0.05) is 61.0 Å². The summed E-state index contributed by atoms with van der Waals surface area (Å²) in [6, 6.07) is 13.5. The lowest BCUT2D eigenvalue weighted by molar-refractivity contribution is -0.118. The zero-order valence-electron chi connectivity index (χ0n) is 20.8. The highest BCUT2D eigenvalue weighted by molar-refractivity contribution is 5.96. The molecule has 1 amide bonds. The topological polar surface area (TPSA) is 28.5 Å². The second kappa shape index (κ2) is 10.8. The summed E-state index contributed by atoms with van der Waals surface area (Å²) >= 11 is 0. The van der Waals surface area contributed by atoms with Gasteiger partial charge in [0.15, 0.2) is 0 Å². The molecule has 0 aliphatic carbocycles. The first-order valence-corrected chi connectivity index (χ1v) is 13.2. The van der Waals surface area contributed by atoms with Crippen molar-refractivity contribution in [1.29, 1.82) is 0 Å². The van der Waals surface area contributed by atoms with Gasteiger partial charge in [-0.05, 0) is 74.1 Å². The van der Waals surface area contributed by atoms with Crippen molar-refractivity contribution in [3.8, 4) is 0 Å². The average molecular weight is 474 g/mol. The van der Waals surface area contributed by atoms with E-state index >= 15 is 0 Å². The van der Waals surface area contributed by atoms with E-state index < -0.39 is 0 Å². The molecule has 184 valence electrons. The van der Waals surface area contributed by atoms with Crippen molar-refractivity contribution >= 4 is 28.1 Å². The van der Waals surface area contributed by atoms with Gasteiger partial charge in [-0.25, -0.2) is 4.39 Å². The van der Waals surface area contributed by atoms with Crippen LogP contribution in [0.1, 0.15) is 56.6 Å². The Balaban J connectivity index is 1.18. The Hall–Kier alpha value is -2.92. The van der Waals surface area contributed by atoms with E-state index in [2.05, 4.69) is 46.9 Å². The molecule has 4 nitrogen and oxygen atoms in total. The molecule has 0 fully saturated rings. The van der Waals surface area contributed by atoms with Crippen molar-refractivity contribution < 1.29 is 9.18 Å². The number of amides is 1. The van der Waals surface area contributed by atoms with Crippen LogP contribution in [-0.4, -0.2) is 41.6 Å². The van der Waals surface area contributed by atoms with E-state index in [4.69, 9.17) is 0 Å². The first-order chi connectivity index (χ1) is 17.1. The van der Waals surface area contributed by atoms with E-state index in [1.165, 1.54) is 16.7 Å². The molecule has 2 aliphatic heterocycles. The van der Waals surface area contributed by atoms with Crippen LogP contribution in [0.25, 0.3) is 16.5 Å². The van der Waals surface area contributed by atoms with Gasteiger partial charge in [-0.3, -0.25) is 9.69 Å². The normalized spacial score (nSPS) is 16.6. The van der Waals surface area contributed by atoms with Crippen LogP contribution in [0.4, 0.5) is 10.1 Å². The molecule has 0 saturated carbocycles. The van der Waals surface area contributed by atoms with Gasteiger partial charge < -0.3 is 9.47 Å². The Morgan fingerprint density at radius 3 is 2.63 bits per heavy atom. The van der Waals surface area contributed by atoms with Gasteiger partial charge >= 0.3 is 0 Å². The van der Waals surface area contributed by atoms with Gasteiger partial charge in [0.05, 0.1) is 0 Å². The third-order valence-corrected chi connectivity index (χ3v) is 7.53. The minimum Gasteiger partial charge on any atom is -0.347 e. The molecule has 0 atom stereocenters. The molecule has 5 heteroatoms. The smallest absolute Gasteiger partial charge is 0.227 e. The van der Waals surface area contributed by atoms with Gasteiger partial charge in [0.2, 0.25) is 5.91 Å². The van der Waals surface area contributed by atoms with Crippen molar-refractivity contribution in [2.24, 2.45) is 0 Å². The number of hydrogen-bond acceptors (Lipinski definition) is 2. The molecule has 0 N–H and O–H groups in total. The molecule has 0 spiro atoms. The Labute approximate surface area is 208 Å². The molecular formula is C30H36FN3O. The van der Waals surface area contributed by atoms with Gasteiger partial charge in [-0.2, -0.15) is 0 Å². The van der Waals surface area contributed by atoms with Crippen molar-refractivity contribution in [2.75, 3.05) is 31.1 Å². The number of halogens is 1. The number of carbonyl (C=O) groups is 1. The van der Waals surface area contributed by atoms with Gasteiger partial charge in [-0.15, -0.1) is 0 Å². The fourth-order valence-corrected chi connectivity index (χ4v) is 5.54. The lowest BCUT2D eigenvalue weighted by Crippen LogP contribution is -2.36. The Bertz CT molecular complexity index is 1230. The highest BCUT2D eigenvalue weighted by Crippen LogP contribution is 2.32. The first kappa shape index (κ1) is 23.8. The minimum atomic E-state index is -0.167. The number of para-hydroxylation sites is 1. The van der Waals surface area contributed by atoms with E-state index in [1.807, 2.05) is 17.0 Å². The summed E-state index contributed by atoms with van der Waals surface area (Å²) < 4.78 is 16.4. The fraction of sp³-hybridized carbons (Fsp3) is 0.433. The molecule has 0 saturated heterocycles. The number of hydrogen-bond donors (Lipinski definition) is 0. The van der Waals surface area contributed by atoms with E-state index in [0.717, 1.165) is 87.8 Å². The first-order valence-electron chi connectivity index (χ1n) is 13.2. The number of aryl methyl sites for hydroxylation is 2. The SMILES string of the molecule is CCCCn1cc(C2=CCN(CCCCN3C(=O)CCc4ccccc43)CC2)c2cc(F)ccc21. The molecule has 5 rings (SSSR count). The number of aromatic nitrogens is 1. The summed E-state index contributed by atoms with van der Waals surface area (Å²) in [7, 11) is 0. The highest BCUT2D eigenvalue weighted by Gasteiger charge is 2.23. The van der Waals surface area contributed by atoms with Crippen molar-refractivity contribution in [3.05, 3.63) is 71.7 Å². The Morgan fingerprint density at radius 1 is 0.943 bits per heavy atom. The van der Waals surface area contributed by atoms with Crippen molar-refractivity contribution in [3.63, 3.8) is 0 Å². The number of nitrogens with zero attached hydrogens (tertiary/aromatic N) is 3. The van der Waals surface area contributed by atoms with Crippen LogP contribution in [0.3, 0.4) is 0 Å². The maximum Gasteiger partial charge on any atom is 0.227 e. The van der Waals surface area contributed by atoms with E-state index in [-0.39, 0.29) is 11.7 Å². The second-order valence-corrected chi connectivity index (χ2v) is 9.91. The molecule has 3 heterocycles. The average Bonchev–Trinajstić information content (AvgIpc) is 3.24. The standard InChI is InChI=1S/C30H36FN3O/c1-2-3-17-33-22-27(26-21-25(31)11-12-29(26)33)23-14-19-32(20-15-23)16-6-7-18-34-28-9-5-4-8-24(28)10-13-30(34)35/h4-5,8-9,11-12,14,21-22H,2-3,6-7,10,13,15-20H2,1H3. The molecule has 0 bridgehead atoms. The lowest BCUT2D eigenvalue weighted by atomic mass is 9.98. The summed E-state index contributed by atoms with van der Waals surface area (Å²) in [6.45, 7) is 6.97. The quantitative estimate of drug-likeness (QED) is 0.335. The van der Waals surface area contributed by atoms with Gasteiger partial charge in [-0.1, -0.05) is 37.6 Å². The van der Waals surface area contributed by atoms with E-state index in [1.54, 1.807) is 12.1 Å². The van der Waals surface area contributed by atoms with Crippen molar-refractivity contribution in [2.45, 2.75) is 58.4 Å². The second-order valence-electron chi connectivity index (χ2n) is 9.91. The summed E-state index contributed by atoms with van der Waals surface area (Å²) in [6.07, 6.45) is 11.4. The Kier molecular flexibility index (Phi) is 7.33. The number of anilines is 1. The number of benzene rings is 2. The van der Waals surface area contributed by atoms with Crippen LogP contribution in [0.15, 0.2) is 54.7 Å².